The number of aliphatic imine (C=N–C) groups is 1. The highest BCUT2D eigenvalue weighted by Crippen LogP contribution is 2.34. The monoisotopic (exact) mass is 517 g/mol. The molecule has 1 aliphatic heterocycles. The summed E-state index contributed by atoms with van der Waals surface area (Å²) in [6, 6.07) is 3.80. The summed E-state index contributed by atoms with van der Waals surface area (Å²) < 4.78 is 11.3. The Kier molecular flexibility index (Phi) is 11.0. The standard InChI is InChI=1S/C21H35N5O2.HI/c1-2-23-20(24-11-14-28-19-7-6-10-22-17-19)25-18-21(8-4-3-5-9-21)26-12-15-27-16-13-26;/h6-7,10,17H,2-5,8-9,11-16,18H2,1H3,(H2,23,24,25);1H. The largest absolute Gasteiger partial charge is 0.490 e. The van der Waals surface area contributed by atoms with Gasteiger partial charge in [0.2, 0.25) is 0 Å². The maximum atomic E-state index is 5.71. The van der Waals surface area contributed by atoms with Crippen LogP contribution in [0.2, 0.25) is 0 Å². The molecule has 164 valence electrons. The molecule has 1 aromatic heterocycles. The first-order chi connectivity index (χ1) is 13.8. The van der Waals surface area contributed by atoms with Gasteiger partial charge in [-0.25, -0.2) is 0 Å². The summed E-state index contributed by atoms with van der Waals surface area (Å²) in [6.45, 7) is 8.80. The van der Waals surface area contributed by atoms with Crippen LogP contribution in [0.3, 0.4) is 0 Å². The van der Waals surface area contributed by atoms with E-state index in [2.05, 4.69) is 27.4 Å². The van der Waals surface area contributed by atoms with Gasteiger partial charge in [0.05, 0.1) is 32.5 Å². The molecule has 0 amide bonds. The van der Waals surface area contributed by atoms with Crippen molar-refractivity contribution in [3.05, 3.63) is 24.5 Å². The molecule has 2 N–H and O–H groups in total. The highest BCUT2D eigenvalue weighted by Gasteiger charge is 2.38. The van der Waals surface area contributed by atoms with Crippen LogP contribution in [0.1, 0.15) is 39.0 Å². The molecule has 0 unspecified atom stereocenters. The van der Waals surface area contributed by atoms with Crippen molar-refractivity contribution in [2.45, 2.75) is 44.6 Å². The predicted molar refractivity (Wildman–Crippen MR) is 127 cm³/mol. The summed E-state index contributed by atoms with van der Waals surface area (Å²) in [5.41, 5.74) is 0.191. The first-order valence-electron chi connectivity index (χ1n) is 10.7. The highest BCUT2D eigenvalue weighted by atomic mass is 127. The van der Waals surface area contributed by atoms with Gasteiger partial charge in [0.25, 0.3) is 0 Å². The molecular formula is C21H36IN5O2. The van der Waals surface area contributed by atoms with Crippen LogP contribution in [0.4, 0.5) is 0 Å². The van der Waals surface area contributed by atoms with Crippen LogP contribution in [-0.4, -0.2) is 73.9 Å². The third-order valence-corrected chi connectivity index (χ3v) is 5.64. The van der Waals surface area contributed by atoms with E-state index in [0.29, 0.717) is 13.2 Å². The Bertz CT molecular complexity index is 590. The van der Waals surface area contributed by atoms with Gasteiger partial charge in [0, 0.05) is 31.4 Å². The Hall–Kier alpha value is -1.13. The second-order valence-corrected chi connectivity index (χ2v) is 7.54. The molecule has 1 saturated carbocycles. The Labute approximate surface area is 192 Å². The first-order valence-corrected chi connectivity index (χ1v) is 10.7. The molecule has 0 bridgehead atoms. The third kappa shape index (κ3) is 7.57. The molecule has 2 aliphatic rings. The minimum absolute atomic E-state index is 0. The third-order valence-electron chi connectivity index (χ3n) is 5.64. The maximum Gasteiger partial charge on any atom is 0.191 e. The van der Waals surface area contributed by atoms with Gasteiger partial charge < -0.3 is 20.1 Å². The van der Waals surface area contributed by atoms with Gasteiger partial charge in [-0.2, -0.15) is 0 Å². The van der Waals surface area contributed by atoms with Gasteiger partial charge in [-0.1, -0.05) is 19.3 Å². The fourth-order valence-electron chi connectivity index (χ4n) is 4.16. The van der Waals surface area contributed by atoms with E-state index in [-0.39, 0.29) is 29.5 Å². The highest BCUT2D eigenvalue weighted by molar-refractivity contribution is 14.0. The number of hydrogen-bond donors (Lipinski definition) is 2. The van der Waals surface area contributed by atoms with Crippen LogP contribution in [0, 0.1) is 0 Å². The van der Waals surface area contributed by atoms with Crippen LogP contribution in [-0.2, 0) is 4.74 Å². The molecule has 1 aliphatic carbocycles. The first kappa shape index (κ1) is 24.1. The summed E-state index contributed by atoms with van der Waals surface area (Å²) >= 11 is 0. The minimum atomic E-state index is 0. The van der Waals surface area contributed by atoms with E-state index in [9.17, 15) is 0 Å². The molecule has 0 spiro atoms. The lowest BCUT2D eigenvalue weighted by Gasteiger charge is -2.47. The maximum absolute atomic E-state index is 5.71. The number of halogens is 1. The smallest absolute Gasteiger partial charge is 0.191 e. The number of nitrogens with one attached hydrogen (secondary N) is 2. The zero-order valence-electron chi connectivity index (χ0n) is 17.6. The lowest BCUT2D eigenvalue weighted by Crippen LogP contribution is -2.56. The van der Waals surface area contributed by atoms with Crippen molar-refractivity contribution in [2.24, 2.45) is 4.99 Å². The zero-order valence-corrected chi connectivity index (χ0v) is 19.9. The van der Waals surface area contributed by atoms with E-state index in [1.54, 1.807) is 12.4 Å². The second-order valence-electron chi connectivity index (χ2n) is 7.54. The molecule has 3 rings (SSSR count). The van der Waals surface area contributed by atoms with Crippen LogP contribution in [0.15, 0.2) is 29.5 Å². The summed E-state index contributed by atoms with van der Waals surface area (Å²) in [4.78, 5) is 11.7. The zero-order chi connectivity index (χ0) is 19.5. The van der Waals surface area contributed by atoms with E-state index in [1.165, 1.54) is 32.1 Å². The SMILES string of the molecule is CCNC(=NCC1(N2CCOCC2)CCCCC1)NCCOc1cccnc1.I. The summed E-state index contributed by atoms with van der Waals surface area (Å²) in [5, 5.41) is 6.77. The fraction of sp³-hybridized carbons (Fsp3) is 0.714. The van der Waals surface area contributed by atoms with Crippen molar-refractivity contribution in [2.75, 3.05) is 52.5 Å². The van der Waals surface area contributed by atoms with Crippen molar-refractivity contribution in [3.8, 4) is 5.75 Å². The van der Waals surface area contributed by atoms with Gasteiger partial charge in [-0.3, -0.25) is 14.9 Å². The van der Waals surface area contributed by atoms with Crippen LogP contribution in [0.5, 0.6) is 5.75 Å². The van der Waals surface area contributed by atoms with E-state index in [4.69, 9.17) is 14.5 Å². The molecule has 2 fully saturated rings. The quantitative estimate of drug-likeness (QED) is 0.239. The van der Waals surface area contributed by atoms with Crippen LogP contribution >= 0.6 is 24.0 Å². The van der Waals surface area contributed by atoms with Gasteiger partial charge in [0.15, 0.2) is 5.96 Å². The van der Waals surface area contributed by atoms with E-state index in [1.807, 2.05) is 12.1 Å². The molecule has 8 heteroatoms. The predicted octanol–water partition coefficient (Wildman–Crippen LogP) is 2.67. The van der Waals surface area contributed by atoms with Gasteiger partial charge >= 0.3 is 0 Å². The number of morpholine rings is 1. The average molecular weight is 517 g/mol. The van der Waals surface area contributed by atoms with Crippen LogP contribution < -0.4 is 15.4 Å². The molecule has 0 aromatic carbocycles. The molecule has 2 heterocycles. The van der Waals surface area contributed by atoms with Crippen molar-refractivity contribution >= 4 is 29.9 Å². The summed E-state index contributed by atoms with van der Waals surface area (Å²) in [6.07, 6.45) is 9.90. The molecule has 1 saturated heterocycles. The Morgan fingerprint density at radius 1 is 1.24 bits per heavy atom. The van der Waals surface area contributed by atoms with Crippen molar-refractivity contribution in [3.63, 3.8) is 0 Å². The molecule has 29 heavy (non-hydrogen) atoms. The van der Waals surface area contributed by atoms with Gasteiger partial charge in [0.1, 0.15) is 12.4 Å². The average Bonchev–Trinajstić information content (AvgIpc) is 2.77. The lowest BCUT2D eigenvalue weighted by atomic mass is 9.80. The number of rotatable bonds is 8. The number of pyridine rings is 1. The fourth-order valence-corrected chi connectivity index (χ4v) is 4.16. The van der Waals surface area contributed by atoms with Crippen molar-refractivity contribution < 1.29 is 9.47 Å². The van der Waals surface area contributed by atoms with E-state index < -0.39 is 0 Å². The number of guanidine groups is 1. The number of ether oxygens (including phenoxy) is 2. The lowest BCUT2D eigenvalue weighted by molar-refractivity contribution is -0.0333. The second kappa shape index (κ2) is 13.2. The number of hydrogen-bond acceptors (Lipinski definition) is 5. The molecule has 7 nitrogen and oxygen atoms in total. The van der Waals surface area contributed by atoms with E-state index >= 15 is 0 Å². The number of nitrogens with zero attached hydrogens (tertiary/aromatic N) is 3. The van der Waals surface area contributed by atoms with Gasteiger partial charge in [-0.15, -0.1) is 24.0 Å². The molecule has 1 aromatic rings. The normalized spacial score (nSPS) is 19.8. The topological polar surface area (TPSA) is 71.0 Å². The summed E-state index contributed by atoms with van der Waals surface area (Å²) in [7, 11) is 0. The molecule has 0 atom stereocenters. The summed E-state index contributed by atoms with van der Waals surface area (Å²) in [5.74, 6) is 1.66. The Morgan fingerprint density at radius 3 is 2.72 bits per heavy atom. The Balaban J connectivity index is 0.00000300. The van der Waals surface area contributed by atoms with Gasteiger partial charge in [-0.05, 0) is 31.9 Å². The van der Waals surface area contributed by atoms with Crippen molar-refractivity contribution in [1.29, 1.82) is 0 Å². The molecule has 0 radical (unpaired) electrons. The minimum Gasteiger partial charge on any atom is -0.490 e. The Morgan fingerprint density at radius 2 is 2.03 bits per heavy atom. The van der Waals surface area contributed by atoms with E-state index in [0.717, 1.165) is 51.1 Å². The van der Waals surface area contributed by atoms with Crippen molar-refractivity contribution in [1.82, 2.24) is 20.5 Å². The number of aromatic nitrogens is 1. The molecular weight excluding hydrogens is 481 g/mol. The van der Waals surface area contributed by atoms with Crippen LogP contribution in [0.25, 0.3) is 0 Å².